The number of halogens is 2. The molecule has 5 nitrogen and oxygen atoms in total. The lowest BCUT2D eigenvalue weighted by molar-refractivity contribution is -0.137. The second-order valence-electron chi connectivity index (χ2n) is 3.53. The first-order chi connectivity index (χ1) is 8.42. The number of ether oxygens (including phenoxy) is 2. The zero-order chi connectivity index (χ0) is 13.9. The van der Waals surface area contributed by atoms with E-state index in [1.807, 2.05) is 0 Å². The molecule has 0 radical (unpaired) electrons. The van der Waals surface area contributed by atoms with Gasteiger partial charge < -0.3 is 20.3 Å². The lowest BCUT2D eigenvalue weighted by atomic mass is 10.0. The Hall–Kier alpha value is -1.34. The first kappa shape index (κ1) is 14.7. The highest BCUT2D eigenvalue weighted by Crippen LogP contribution is 2.40. The van der Waals surface area contributed by atoms with Crippen molar-refractivity contribution in [2.75, 3.05) is 14.2 Å². The van der Waals surface area contributed by atoms with Crippen molar-refractivity contribution in [2.24, 2.45) is 5.73 Å². The summed E-state index contributed by atoms with van der Waals surface area (Å²) in [4.78, 5) is 10.7. The molecule has 0 fully saturated rings. The zero-order valence-electron chi connectivity index (χ0n) is 9.87. The molecule has 100 valence electrons. The van der Waals surface area contributed by atoms with Crippen molar-refractivity contribution in [3.63, 3.8) is 0 Å². The predicted molar refractivity (Wildman–Crippen MR) is 66.4 cm³/mol. The second kappa shape index (κ2) is 6.01. The molecule has 0 aromatic heterocycles. The maximum Gasteiger partial charge on any atom is 0.305 e. The Bertz CT molecular complexity index is 467. The summed E-state index contributed by atoms with van der Waals surface area (Å²) in [6.07, 6.45) is -0.294. The third-order valence-electron chi connectivity index (χ3n) is 2.36. The molecule has 0 bridgehead atoms. The molecule has 1 aromatic carbocycles. The summed E-state index contributed by atoms with van der Waals surface area (Å²) in [7, 11) is 2.63. The number of carbonyl (C=O) groups is 1. The Morgan fingerprint density at radius 3 is 2.50 bits per heavy atom. The van der Waals surface area contributed by atoms with Gasteiger partial charge in [0.1, 0.15) is 0 Å². The van der Waals surface area contributed by atoms with Crippen LogP contribution in [0.2, 0.25) is 0 Å². The van der Waals surface area contributed by atoms with Gasteiger partial charge in [0.15, 0.2) is 17.3 Å². The average Bonchev–Trinajstić information content (AvgIpc) is 2.30. The van der Waals surface area contributed by atoms with Gasteiger partial charge in [0.05, 0.1) is 25.1 Å². The van der Waals surface area contributed by atoms with Gasteiger partial charge in [0, 0.05) is 11.6 Å². The molecule has 0 heterocycles. The van der Waals surface area contributed by atoms with Crippen LogP contribution < -0.4 is 15.2 Å². The Kier molecular flexibility index (Phi) is 4.92. The van der Waals surface area contributed by atoms with Crippen molar-refractivity contribution >= 4 is 21.9 Å². The number of hydrogen-bond donors (Lipinski definition) is 2. The molecule has 0 saturated carbocycles. The molecule has 1 aromatic rings. The van der Waals surface area contributed by atoms with Gasteiger partial charge in [-0.2, -0.15) is 0 Å². The van der Waals surface area contributed by atoms with E-state index in [0.29, 0.717) is 5.56 Å². The molecule has 3 N–H and O–H groups in total. The standard InChI is InChI=1S/C11H13BrFNO4/c1-17-10-5(7(14)4-8(15)16)3-6(12)9(13)11(10)18-2/h3,7H,4,14H2,1-2H3,(H,15,16). The van der Waals surface area contributed by atoms with Crippen LogP contribution in [-0.4, -0.2) is 25.3 Å². The van der Waals surface area contributed by atoms with Crippen molar-refractivity contribution in [1.29, 1.82) is 0 Å². The maximum absolute atomic E-state index is 13.7. The summed E-state index contributed by atoms with van der Waals surface area (Å²) < 4.78 is 23.8. The van der Waals surface area contributed by atoms with Crippen LogP contribution in [0.1, 0.15) is 18.0 Å². The molecule has 0 aliphatic carbocycles. The van der Waals surface area contributed by atoms with Crippen LogP contribution in [0.25, 0.3) is 0 Å². The minimum Gasteiger partial charge on any atom is -0.492 e. The van der Waals surface area contributed by atoms with E-state index in [9.17, 15) is 9.18 Å². The number of carboxylic acid groups (broad SMARTS) is 1. The summed E-state index contributed by atoms with van der Waals surface area (Å²) in [5, 5.41) is 8.72. The fraction of sp³-hybridized carbons (Fsp3) is 0.364. The highest BCUT2D eigenvalue weighted by Gasteiger charge is 2.23. The summed E-state index contributed by atoms with van der Waals surface area (Å²) in [6.45, 7) is 0. The van der Waals surface area contributed by atoms with E-state index in [-0.39, 0.29) is 22.4 Å². The molecular weight excluding hydrogens is 309 g/mol. The molecule has 0 amide bonds. The minimum atomic E-state index is -1.05. The first-order valence-electron chi connectivity index (χ1n) is 4.99. The highest BCUT2D eigenvalue weighted by atomic mass is 79.9. The number of benzene rings is 1. The monoisotopic (exact) mass is 321 g/mol. The average molecular weight is 322 g/mol. The van der Waals surface area contributed by atoms with Crippen LogP contribution in [0.4, 0.5) is 4.39 Å². The van der Waals surface area contributed by atoms with Crippen molar-refractivity contribution in [3.8, 4) is 11.5 Å². The van der Waals surface area contributed by atoms with Crippen molar-refractivity contribution in [1.82, 2.24) is 0 Å². The third-order valence-corrected chi connectivity index (χ3v) is 2.94. The van der Waals surface area contributed by atoms with Crippen LogP contribution >= 0.6 is 15.9 Å². The number of aliphatic carboxylic acids is 1. The summed E-state index contributed by atoms with van der Waals surface area (Å²) in [6, 6.07) is 0.577. The topological polar surface area (TPSA) is 81.8 Å². The number of rotatable bonds is 5. The molecule has 18 heavy (non-hydrogen) atoms. The molecule has 7 heteroatoms. The first-order valence-corrected chi connectivity index (χ1v) is 5.78. The normalized spacial score (nSPS) is 12.1. The lowest BCUT2D eigenvalue weighted by Crippen LogP contribution is -2.16. The molecular formula is C11H13BrFNO4. The van der Waals surface area contributed by atoms with Crippen LogP contribution in [0, 0.1) is 5.82 Å². The van der Waals surface area contributed by atoms with Gasteiger partial charge in [-0.3, -0.25) is 4.79 Å². The van der Waals surface area contributed by atoms with Crippen LogP contribution in [0.15, 0.2) is 10.5 Å². The quantitative estimate of drug-likeness (QED) is 0.867. The Labute approximate surface area is 112 Å². The lowest BCUT2D eigenvalue weighted by Gasteiger charge is -2.18. The summed E-state index contributed by atoms with van der Waals surface area (Å²) in [5.41, 5.74) is 6.12. The SMILES string of the molecule is COc1c(C(N)CC(=O)O)cc(Br)c(F)c1OC. The Morgan fingerprint density at radius 1 is 1.50 bits per heavy atom. The van der Waals surface area contributed by atoms with E-state index in [4.69, 9.17) is 20.3 Å². The van der Waals surface area contributed by atoms with Crippen LogP contribution in [0.3, 0.4) is 0 Å². The van der Waals surface area contributed by atoms with E-state index >= 15 is 0 Å². The van der Waals surface area contributed by atoms with E-state index < -0.39 is 17.8 Å². The number of methoxy groups -OCH3 is 2. The minimum absolute atomic E-state index is 0.104. The Morgan fingerprint density at radius 2 is 2.06 bits per heavy atom. The number of hydrogen-bond acceptors (Lipinski definition) is 4. The number of nitrogens with two attached hydrogens (primary N) is 1. The van der Waals surface area contributed by atoms with Gasteiger partial charge in [-0.05, 0) is 22.0 Å². The fourth-order valence-electron chi connectivity index (χ4n) is 1.57. The Balaban J connectivity index is 3.34. The van der Waals surface area contributed by atoms with E-state index in [0.717, 1.165) is 0 Å². The number of carboxylic acids is 1. The largest absolute Gasteiger partial charge is 0.492 e. The van der Waals surface area contributed by atoms with Gasteiger partial charge in [-0.15, -0.1) is 0 Å². The van der Waals surface area contributed by atoms with Crippen molar-refractivity contribution in [2.45, 2.75) is 12.5 Å². The van der Waals surface area contributed by atoms with E-state index in [1.165, 1.54) is 20.3 Å². The third kappa shape index (κ3) is 2.91. The second-order valence-corrected chi connectivity index (χ2v) is 4.39. The summed E-state index contributed by atoms with van der Waals surface area (Å²) >= 11 is 3.02. The van der Waals surface area contributed by atoms with Gasteiger partial charge in [0.25, 0.3) is 0 Å². The van der Waals surface area contributed by atoms with Crippen molar-refractivity contribution < 1.29 is 23.8 Å². The molecule has 0 saturated heterocycles. The molecule has 1 rings (SSSR count). The van der Waals surface area contributed by atoms with Gasteiger partial charge in [0.2, 0.25) is 0 Å². The van der Waals surface area contributed by atoms with Gasteiger partial charge in [-0.1, -0.05) is 0 Å². The fourth-order valence-corrected chi connectivity index (χ4v) is 2.00. The maximum atomic E-state index is 13.7. The molecule has 0 spiro atoms. The van der Waals surface area contributed by atoms with E-state index in [1.54, 1.807) is 0 Å². The van der Waals surface area contributed by atoms with Crippen LogP contribution in [-0.2, 0) is 4.79 Å². The highest BCUT2D eigenvalue weighted by molar-refractivity contribution is 9.10. The van der Waals surface area contributed by atoms with E-state index in [2.05, 4.69) is 15.9 Å². The molecule has 0 aliphatic heterocycles. The van der Waals surface area contributed by atoms with Crippen LogP contribution in [0.5, 0.6) is 11.5 Å². The summed E-state index contributed by atoms with van der Waals surface area (Å²) in [5.74, 6) is -1.68. The smallest absolute Gasteiger partial charge is 0.305 e. The predicted octanol–water partition coefficient (Wildman–Crippen LogP) is 2.08. The molecule has 0 aliphatic rings. The van der Waals surface area contributed by atoms with Gasteiger partial charge in [-0.25, -0.2) is 4.39 Å². The van der Waals surface area contributed by atoms with Gasteiger partial charge >= 0.3 is 5.97 Å². The molecule has 1 unspecified atom stereocenters. The van der Waals surface area contributed by atoms with Crippen molar-refractivity contribution in [3.05, 3.63) is 21.9 Å². The zero-order valence-corrected chi connectivity index (χ0v) is 11.5. The molecule has 1 atom stereocenters.